The van der Waals surface area contributed by atoms with E-state index in [1.807, 2.05) is 0 Å². The molecule has 1 rings (SSSR count). The Balaban J connectivity index is 2.84. The molecular formula is C12H10F4O3S. The third-order valence-corrected chi connectivity index (χ3v) is 3.51. The summed E-state index contributed by atoms with van der Waals surface area (Å²) in [5, 5.41) is -4.26. The van der Waals surface area contributed by atoms with Crippen LogP contribution in [0.5, 0.6) is 0 Å². The lowest BCUT2D eigenvalue weighted by molar-refractivity contribution is -0.209. The highest BCUT2D eigenvalue weighted by atomic mass is 32.2. The molecule has 0 bridgehead atoms. The smallest absolute Gasteiger partial charge is 0.443 e. The van der Waals surface area contributed by atoms with Gasteiger partial charge in [-0.25, -0.2) is 9.18 Å². The lowest BCUT2D eigenvalue weighted by Gasteiger charge is -2.24. The molecule has 0 aliphatic rings. The van der Waals surface area contributed by atoms with E-state index in [0.29, 0.717) is 7.11 Å². The molecule has 20 heavy (non-hydrogen) atoms. The Hall–Kier alpha value is -1.57. The van der Waals surface area contributed by atoms with E-state index in [1.165, 1.54) is 24.3 Å². The molecule has 110 valence electrons. The third kappa shape index (κ3) is 3.50. The molecule has 1 aromatic rings. The molecule has 0 fully saturated rings. The van der Waals surface area contributed by atoms with E-state index in [1.54, 1.807) is 6.07 Å². The van der Waals surface area contributed by atoms with Crippen LogP contribution in [0.2, 0.25) is 0 Å². The van der Waals surface area contributed by atoms with Crippen LogP contribution in [0, 0.1) is 0 Å². The predicted octanol–water partition coefficient (Wildman–Crippen LogP) is 3.00. The number of carbonyl (C=O) groups excluding carboxylic acids is 2. The number of rotatable bonds is 5. The molecule has 1 atom stereocenters. The molecule has 0 N–H and O–H groups in total. The van der Waals surface area contributed by atoms with Gasteiger partial charge in [0, 0.05) is 5.56 Å². The van der Waals surface area contributed by atoms with Crippen LogP contribution in [0.1, 0.15) is 10.4 Å². The lowest BCUT2D eigenvalue weighted by atomic mass is 10.2. The number of esters is 1. The van der Waals surface area contributed by atoms with Gasteiger partial charge in [0.2, 0.25) is 0 Å². The van der Waals surface area contributed by atoms with Gasteiger partial charge in [0.25, 0.3) is 0 Å². The fourth-order valence-electron chi connectivity index (χ4n) is 1.26. The van der Waals surface area contributed by atoms with Gasteiger partial charge in [-0.3, -0.25) is 4.79 Å². The molecule has 0 radical (unpaired) electrons. The van der Waals surface area contributed by atoms with E-state index in [2.05, 4.69) is 4.74 Å². The first kappa shape index (κ1) is 16.5. The van der Waals surface area contributed by atoms with E-state index in [0.717, 1.165) is 0 Å². The Morgan fingerprint density at radius 1 is 1.15 bits per heavy atom. The monoisotopic (exact) mass is 310 g/mol. The number of ketones is 1. The van der Waals surface area contributed by atoms with Gasteiger partial charge in [-0.15, -0.1) is 0 Å². The van der Waals surface area contributed by atoms with Crippen molar-refractivity contribution in [3.8, 4) is 0 Å². The van der Waals surface area contributed by atoms with Crippen LogP contribution >= 0.6 is 11.8 Å². The van der Waals surface area contributed by atoms with E-state index >= 15 is 0 Å². The minimum absolute atomic E-state index is 0.134. The Morgan fingerprint density at radius 3 is 2.15 bits per heavy atom. The van der Waals surface area contributed by atoms with Crippen molar-refractivity contribution in [2.24, 2.45) is 0 Å². The van der Waals surface area contributed by atoms with Gasteiger partial charge in [0.15, 0.2) is 5.78 Å². The molecule has 1 aromatic carbocycles. The summed E-state index contributed by atoms with van der Waals surface area (Å²) in [6.45, 7) is 0. The van der Waals surface area contributed by atoms with Gasteiger partial charge in [-0.05, 0) is 0 Å². The molecule has 8 heteroatoms. The summed E-state index contributed by atoms with van der Waals surface area (Å²) in [7, 11) is 0.641. The molecule has 0 amide bonds. The quantitative estimate of drug-likeness (QED) is 0.476. The molecule has 0 aromatic heterocycles. The minimum atomic E-state index is -5.47. The van der Waals surface area contributed by atoms with Crippen molar-refractivity contribution in [3.63, 3.8) is 0 Å². The molecule has 3 nitrogen and oxygen atoms in total. The summed E-state index contributed by atoms with van der Waals surface area (Å²) >= 11 is -0.449. The fourth-order valence-corrected chi connectivity index (χ4v) is 2.12. The molecule has 0 heterocycles. The number of Topliss-reactive ketones (excluding diaryl/α,β-unsaturated/α-hetero) is 1. The van der Waals surface area contributed by atoms with Crippen LogP contribution in [0.4, 0.5) is 17.6 Å². The number of hydrogen-bond donors (Lipinski definition) is 0. The number of halogens is 4. The highest BCUT2D eigenvalue weighted by Crippen LogP contribution is 2.44. The van der Waals surface area contributed by atoms with Crippen molar-refractivity contribution >= 4 is 23.5 Å². The van der Waals surface area contributed by atoms with Crippen LogP contribution in [0.25, 0.3) is 0 Å². The van der Waals surface area contributed by atoms with Crippen molar-refractivity contribution < 1.29 is 31.9 Å². The minimum Gasteiger partial charge on any atom is -0.466 e. The number of carbonyl (C=O) groups is 2. The van der Waals surface area contributed by atoms with E-state index in [-0.39, 0.29) is 5.56 Å². The highest BCUT2D eigenvalue weighted by molar-refractivity contribution is 8.01. The normalized spacial score (nSPS) is 14.4. The van der Waals surface area contributed by atoms with Gasteiger partial charge in [-0.1, -0.05) is 42.1 Å². The Kier molecular flexibility index (Phi) is 5.15. The van der Waals surface area contributed by atoms with Crippen LogP contribution in [0.15, 0.2) is 30.3 Å². The van der Waals surface area contributed by atoms with Gasteiger partial charge in [-0.2, -0.15) is 13.2 Å². The summed E-state index contributed by atoms with van der Waals surface area (Å²) < 4.78 is 55.4. The Morgan fingerprint density at radius 2 is 1.70 bits per heavy atom. The molecule has 0 aliphatic carbocycles. The summed E-state index contributed by atoms with van der Waals surface area (Å²) in [6.07, 6.45) is -5.47. The maximum atomic E-state index is 13.8. The molecule has 0 spiro atoms. The second-order valence-electron chi connectivity index (χ2n) is 3.66. The molecule has 0 aliphatic heterocycles. The topological polar surface area (TPSA) is 43.4 Å². The average Bonchev–Trinajstić information content (AvgIpc) is 2.43. The number of benzene rings is 1. The zero-order valence-corrected chi connectivity index (χ0v) is 11.1. The van der Waals surface area contributed by atoms with Crippen molar-refractivity contribution in [1.29, 1.82) is 0 Å². The SMILES string of the molecule is COC(=O)C(F)(SCC(=O)c1ccccc1)C(F)(F)F. The summed E-state index contributed by atoms with van der Waals surface area (Å²) in [5.41, 5.74) is 0.134. The maximum absolute atomic E-state index is 13.8. The van der Waals surface area contributed by atoms with Gasteiger partial charge in [0.1, 0.15) is 0 Å². The zero-order chi connectivity index (χ0) is 15.4. The van der Waals surface area contributed by atoms with Crippen molar-refractivity contribution in [3.05, 3.63) is 35.9 Å². The largest absolute Gasteiger partial charge is 0.466 e. The molecule has 1 unspecified atom stereocenters. The van der Waals surface area contributed by atoms with Gasteiger partial charge in [0.05, 0.1) is 12.9 Å². The second-order valence-corrected chi connectivity index (χ2v) is 4.80. The number of methoxy groups -OCH3 is 1. The number of alkyl halides is 4. The number of thioether (sulfide) groups is 1. The van der Waals surface area contributed by atoms with Crippen molar-refractivity contribution in [1.82, 2.24) is 0 Å². The Bertz CT molecular complexity index is 489. The predicted molar refractivity (Wildman–Crippen MR) is 65.1 cm³/mol. The lowest BCUT2D eigenvalue weighted by Crippen LogP contribution is -2.46. The Labute approximate surface area is 116 Å². The molecule has 0 saturated carbocycles. The van der Waals surface area contributed by atoms with Crippen LogP contribution < -0.4 is 0 Å². The molecular weight excluding hydrogens is 300 g/mol. The standard InChI is InChI=1S/C12H10F4O3S/c1-19-10(18)11(13,12(14,15)16)20-7-9(17)8-5-3-2-4-6-8/h2-6H,7H2,1H3. The number of hydrogen-bond acceptors (Lipinski definition) is 4. The highest BCUT2D eigenvalue weighted by Gasteiger charge is 2.63. The second kappa shape index (κ2) is 6.25. The van der Waals surface area contributed by atoms with E-state index in [9.17, 15) is 27.2 Å². The molecule has 0 saturated heterocycles. The van der Waals surface area contributed by atoms with Crippen LogP contribution in [0.3, 0.4) is 0 Å². The van der Waals surface area contributed by atoms with Crippen molar-refractivity contribution in [2.45, 2.75) is 11.2 Å². The third-order valence-electron chi connectivity index (χ3n) is 2.31. The van der Waals surface area contributed by atoms with Gasteiger partial charge < -0.3 is 4.74 Å². The van der Waals surface area contributed by atoms with Gasteiger partial charge >= 0.3 is 17.1 Å². The maximum Gasteiger partial charge on any atom is 0.443 e. The summed E-state index contributed by atoms with van der Waals surface area (Å²) in [5.74, 6) is -3.64. The fraction of sp³-hybridized carbons (Fsp3) is 0.333. The van der Waals surface area contributed by atoms with Crippen LogP contribution in [-0.4, -0.2) is 35.8 Å². The first-order valence-corrected chi connectivity index (χ1v) is 6.27. The van der Waals surface area contributed by atoms with Crippen molar-refractivity contribution in [2.75, 3.05) is 12.9 Å². The number of ether oxygens (including phenoxy) is 1. The van der Waals surface area contributed by atoms with Crippen LogP contribution in [-0.2, 0) is 9.53 Å². The zero-order valence-electron chi connectivity index (χ0n) is 10.2. The van der Waals surface area contributed by atoms with E-state index < -0.39 is 40.4 Å². The first-order chi connectivity index (χ1) is 9.22. The van der Waals surface area contributed by atoms with E-state index in [4.69, 9.17) is 0 Å². The summed E-state index contributed by atoms with van der Waals surface area (Å²) in [4.78, 5) is 22.6. The first-order valence-electron chi connectivity index (χ1n) is 5.28. The average molecular weight is 310 g/mol. The summed E-state index contributed by atoms with van der Waals surface area (Å²) in [6, 6.07) is 7.42.